The molecule has 2 amide bonds. The third kappa shape index (κ3) is 4.84. The van der Waals surface area contributed by atoms with E-state index in [0.717, 1.165) is 19.3 Å². The lowest BCUT2D eigenvalue weighted by Crippen LogP contribution is -2.45. The summed E-state index contributed by atoms with van der Waals surface area (Å²) in [7, 11) is 3.14. The summed E-state index contributed by atoms with van der Waals surface area (Å²) in [5.74, 6) is 1.00. The van der Waals surface area contributed by atoms with E-state index in [2.05, 4.69) is 5.32 Å². The van der Waals surface area contributed by atoms with E-state index in [4.69, 9.17) is 15.2 Å². The third-order valence-electron chi connectivity index (χ3n) is 5.26. The highest BCUT2D eigenvalue weighted by Crippen LogP contribution is 2.31. The van der Waals surface area contributed by atoms with E-state index in [-0.39, 0.29) is 36.2 Å². The van der Waals surface area contributed by atoms with Gasteiger partial charge in [0, 0.05) is 36.7 Å². The van der Waals surface area contributed by atoms with Crippen molar-refractivity contribution in [2.45, 2.75) is 44.2 Å². The van der Waals surface area contributed by atoms with Gasteiger partial charge in [0.05, 0.1) is 19.9 Å². The summed E-state index contributed by atoms with van der Waals surface area (Å²) < 4.78 is 10.5. The standard InChI is InChI=1S/C19H27N3O4.ClH/c1-25-15-9-14(10-16(11-15)26-2)22-7-6-17(19(22)24)21-18(23)12-4-3-5-13(20)8-12;/h9-13,17H,3-8,20H2,1-2H3,(H,21,23);1H. The molecule has 27 heavy (non-hydrogen) atoms. The number of nitrogens with two attached hydrogens (primary N) is 1. The fraction of sp³-hybridized carbons (Fsp3) is 0.579. The Kier molecular flexibility index (Phi) is 7.33. The molecule has 1 aliphatic carbocycles. The fourth-order valence-electron chi connectivity index (χ4n) is 3.77. The largest absolute Gasteiger partial charge is 0.497 e. The summed E-state index contributed by atoms with van der Waals surface area (Å²) in [5, 5.41) is 2.93. The van der Waals surface area contributed by atoms with Gasteiger partial charge in [-0.25, -0.2) is 0 Å². The van der Waals surface area contributed by atoms with E-state index in [1.807, 2.05) is 0 Å². The number of rotatable bonds is 5. The first-order valence-electron chi connectivity index (χ1n) is 9.12. The average Bonchev–Trinajstić information content (AvgIpc) is 3.01. The van der Waals surface area contributed by atoms with E-state index in [1.165, 1.54) is 0 Å². The summed E-state index contributed by atoms with van der Waals surface area (Å²) >= 11 is 0. The minimum absolute atomic E-state index is 0. The average molecular weight is 398 g/mol. The van der Waals surface area contributed by atoms with E-state index in [9.17, 15) is 9.59 Å². The fourth-order valence-corrected chi connectivity index (χ4v) is 3.77. The maximum atomic E-state index is 12.8. The van der Waals surface area contributed by atoms with Crippen molar-refractivity contribution in [3.63, 3.8) is 0 Å². The van der Waals surface area contributed by atoms with Crippen molar-refractivity contribution in [1.82, 2.24) is 5.32 Å². The second kappa shape index (κ2) is 9.28. The predicted octanol–water partition coefficient (Wildman–Crippen LogP) is 1.86. The van der Waals surface area contributed by atoms with Crippen LogP contribution in [0.3, 0.4) is 0 Å². The van der Waals surface area contributed by atoms with Crippen LogP contribution < -0.4 is 25.4 Å². The van der Waals surface area contributed by atoms with Crippen LogP contribution >= 0.6 is 12.4 Å². The van der Waals surface area contributed by atoms with Gasteiger partial charge in [-0.3, -0.25) is 9.59 Å². The topological polar surface area (TPSA) is 93.9 Å². The van der Waals surface area contributed by atoms with Crippen molar-refractivity contribution < 1.29 is 19.1 Å². The number of anilines is 1. The molecule has 1 aromatic carbocycles. The van der Waals surface area contributed by atoms with Gasteiger partial charge in [0.2, 0.25) is 11.8 Å². The number of hydrogen-bond donors (Lipinski definition) is 2. The molecule has 0 spiro atoms. The number of carbonyl (C=O) groups excluding carboxylic acids is 2. The second-order valence-corrected chi connectivity index (χ2v) is 7.03. The van der Waals surface area contributed by atoms with Crippen LogP contribution in [0.25, 0.3) is 0 Å². The van der Waals surface area contributed by atoms with Crippen LogP contribution in [0.15, 0.2) is 18.2 Å². The highest BCUT2D eigenvalue weighted by atomic mass is 35.5. The number of amides is 2. The zero-order chi connectivity index (χ0) is 18.7. The van der Waals surface area contributed by atoms with Crippen LogP contribution in [0.4, 0.5) is 5.69 Å². The smallest absolute Gasteiger partial charge is 0.249 e. The number of methoxy groups -OCH3 is 2. The summed E-state index contributed by atoms with van der Waals surface area (Å²) in [6.07, 6.45) is 4.06. The molecule has 1 aromatic rings. The highest BCUT2D eigenvalue weighted by molar-refractivity contribution is 6.01. The van der Waals surface area contributed by atoms with Crippen molar-refractivity contribution in [3.05, 3.63) is 18.2 Å². The minimum Gasteiger partial charge on any atom is -0.497 e. The molecule has 3 rings (SSSR count). The van der Waals surface area contributed by atoms with Gasteiger partial charge in [0.25, 0.3) is 0 Å². The summed E-state index contributed by atoms with van der Waals surface area (Å²) in [6, 6.07) is 4.95. The highest BCUT2D eigenvalue weighted by Gasteiger charge is 2.36. The number of hydrogen-bond acceptors (Lipinski definition) is 5. The molecule has 2 fully saturated rings. The van der Waals surface area contributed by atoms with Gasteiger partial charge in [0.1, 0.15) is 17.5 Å². The predicted molar refractivity (Wildman–Crippen MR) is 106 cm³/mol. The number of halogens is 1. The second-order valence-electron chi connectivity index (χ2n) is 7.03. The molecule has 3 N–H and O–H groups in total. The van der Waals surface area contributed by atoms with Crippen LogP contribution in [0, 0.1) is 5.92 Å². The summed E-state index contributed by atoms with van der Waals surface area (Å²) in [4.78, 5) is 27.0. The third-order valence-corrected chi connectivity index (χ3v) is 5.26. The molecule has 0 radical (unpaired) electrons. The van der Waals surface area contributed by atoms with Gasteiger partial charge < -0.3 is 25.4 Å². The van der Waals surface area contributed by atoms with E-state index in [0.29, 0.717) is 36.6 Å². The van der Waals surface area contributed by atoms with Crippen molar-refractivity contribution in [2.24, 2.45) is 11.7 Å². The van der Waals surface area contributed by atoms with Gasteiger partial charge in [-0.2, -0.15) is 0 Å². The molecule has 2 aliphatic rings. The molecule has 1 aliphatic heterocycles. The first kappa shape index (κ1) is 21.3. The Morgan fingerprint density at radius 3 is 2.41 bits per heavy atom. The van der Waals surface area contributed by atoms with Gasteiger partial charge in [-0.1, -0.05) is 6.42 Å². The first-order valence-corrected chi connectivity index (χ1v) is 9.12. The number of nitrogens with zero attached hydrogens (tertiary/aromatic N) is 1. The molecule has 0 aromatic heterocycles. The molecular weight excluding hydrogens is 370 g/mol. The lowest BCUT2D eigenvalue weighted by molar-refractivity contribution is -0.130. The minimum atomic E-state index is -0.488. The lowest BCUT2D eigenvalue weighted by atomic mass is 9.85. The van der Waals surface area contributed by atoms with Crippen molar-refractivity contribution in [2.75, 3.05) is 25.7 Å². The van der Waals surface area contributed by atoms with Crippen molar-refractivity contribution >= 4 is 29.9 Å². The van der Waals surface area contributed by atoms with E-state index >= 15 is 0 Å². The SMILES string of the molecule is COc1cc(OC)cc(N2CCC(NC(=O)C3CCCC(N)C3)C2=O)c1.Cl. The summed E-state index contributed by atoms with van der Waals surface area (Å²) in [5.41, 5.74) is 6.68. The zero-order valence-corrected chi connectivity index (χ0v) is 16.6. The van der Waals surface area contributed by atoms with E-state index < -0.39 is 6.04 Å². The number of benzene rings is 1. The molecule has 8 heteroatoms. The molecule has 3 atom stereocenters. The maximum Gasteiger partial charge on any atom is 0.249 e. The number of ether oxygens (including phenoxy) is 2. The number of nitrogens with one attached hydrogen (secondary N) is 1. The van der Waals surface area contributed by atoms with Crippen molar-refractivity contribution in [1.29, 1.82) is 0 Å². The Balaban J connectivity index is 0.00000261. The van der Waals surface area contributed by atoms with Crippen LogP contribution in [0.1, 0.15) is 32.1 Å². The molecule has 1 saturated heterocycles. The molecule has 1 saturated carbocycles. The lowest BCUT2D eigenvalue weighted by Gasteiger charge is -2.26. The van der Waals surface area contributed by atoms with Gasteiger partial charge in [0.15, 0.2) is 0 Å². The van der Waals surface area contributed by atoms with Crippen LogP contribution in [0.5, 0.6) is 11.5 Å². The van der Waals surface area contributed by atoms with E-state index in [1.54, 1.807) is 37.3 Å². The van der Waals surface area contributed by atoms with Gasteiger partial charge in [-0.15, -0.1) is 12.4 Å². The molecular formula is C19H28ClN3O4. The van der Waals surface area contributed by atoms with Crippen molar-refractivity contribution in [3.8, 4) is 11.5 Å². The zero-order valence-electron chi connectivity index (χ0n) is 15.8. The Labute approximate surface area is 166 Å². The Morgan fingerprint density at radius 1 is 1.15 bits per heavy atom. The Hall–Kier alpha value is -1.99. The molecule has 1 heterocycles. The maximum absolute atomic E-state index is 12.8. The number of carbonyl (C=O) groups is 2. The quantitative estimate of drug-likeness (QED) is 0.790. The van der Waals surface area contributed by atoms with Gasteiger partial charge >= 0.3 is 0 Å². The first-order chi connectivity index (χ1) is 12.5. The molecule has 7 nitrogen and oxygen atoms in total. The Bertz CT molecular complexity index is 663. The molecule has 150 valence electrons. The monoisotopic (exact) mass is 397 g/mol. The van der Waals surface area contributed by atoms with Crippen LogP contribution in [-0.4, -0.2) is 44.7 Å². The normalized spacial score (nSPS) is 24.9. The summed E-state index contributed by atoms with van der Waals surface area (Å²) in [6.45, 7) is 0.546. The van der Waals surface area contributed by atoms with Crippen LogP contribution in [-0.2, 0) is 9.59 Å². The van der Waals surface area contributed by atoms with Gasteiger partial charge in [-0.05, 0) is 25.7 Å². The molecule has 3 unspecified atom stereocenters. The molecule has 0 bridgehead atoms. The Morgan fingerprint density at radius 2 is 1.81 bits per heavy atom. The van der Waals surface area contributed by atoms with Crippen LogP contribution in [0.2, 0.25) is 0 Å².